The molecular formula is C10H8ClNO. The van der Waals surface area contributed by atoms with Crippen LogP contribution in [0.25, 0.3) is 10.8 Å². The van der Waals surface area contributed by atoms with Crippen LogP contribution in [0.1, 0.15) is 5.69 Å². The second-order valence-corrected chi connectivity index (χ2v) is 3.37. The van der Waals surface area contributed by atoms with Crippen LogP contribution in [0.15, 0.2) is 29.1 Å². The molecule has 2 nitrogen and oxygen atoms in total. The lowest BCUT2D eigenvalue weighted by Crippen LogP contribution is -2.05. The van der Waals surface area contributed by atoms with E-state index in [-0.39, 0.29) is 5.56 Å². The number of aromatic nitrogens is 1. The number of pyridine rings is 1. The predicted molar refractivity (Wildman–Crippen MR) is 54.3 cm³/mol. The molecule has 0 bridgehead atoms. The van der Waals surface area contributed by atoms with Gasteiger partial charge < -0.3 is 4.98 Å². The Kier molecular flexibility index (Phi) is 1.85. The molecule has 0 aliphatic carbocycles. The summed E-state index contributed by atoms with van der Waals surface area (Å²) in [6, 6.07) is 7.08. The Bertz CT molecular complexity index is 516. The number of hydrogen-bond donors (Lipinski definition) is 1. The molecule has 3 heteroatoms. The molecule has 0 atom stereocenters. The quantitative estimate of drug-likeness (QED) is 0.685. The van der Waals surface area contributed by atoms with E-state index in [1.165, 1.54) is 0 Å². The van der Waals surface area contributed by atoms with Crippen molar-refractivity contribution in [3.8, 4) is 0 Å². The SMILES string of the molecule is Cc1[nH]c(=O)cc2cccc(Cl)c12. The largest absolute Gasteiger partial charge is 0.326 e. The van der Waals surface area contributed by atoms with Gasteiger partial charge in [-0.05, 0) is 18.4 Å². The van der Waals surface area contributed by atoms with Gasteiger partial charge >= 0.3 is 0 Å². The predicted octanol–water partition coefficient (Wildman–Crippen LogP) is 2.49. The fraction of sp³-hybridized carbons (Fsp3) is 0.100. The first-order chi connectivity index (χ1) is 6.18. The topological polar surface area (TPSA) is 32.9 Å². The lowest BCUT2D eigenvalue weighted by atomic mass is 10.1. The molecule has 0 spiro atoms. The zero-order chi connectivity index (χ0) is 9.42. The molecule has 66 valence electrons. The van der Waals surface area contributed by atoms with E-state index in [4.69, 9.17) is 11.6 Å². The maximum absolute atomic E-state index is 11.1. The van der Waals surface area contributed by atoms with Gasteiger partial charge in [-0.15, -0.1) is 0 Å². The highest BCUT2D eigenvalue weighted by Gasteiger charge is 2.02. The number of H-pyrrole nitrogens is 1. The first-order valence-electron chi connectivity index (χ1n) is 3.96. The van der Waals surface area contributed by atoms with Gasteiger partial charge in [0.2, 0.25) is 5.56 Å². The number of benzene rings is 1. The minimum atomic E-state index is -0.0905. The highest BCUT2D eigenvalue weighted by Crippen LogP contribution is 2.23. The summed E-state index contributed by atoms with van der Waals surface area (Å²) in [4.78, 5) is 13.8. The number of halogens is 1. The molecule has 0 radical (unpaired) electrons. The first-order valence-corrected chi connectivity index (χ1v) is 4.34. The van der Waals surface area contributed by atoms with Gasteiger partial charge in [-0.3, -0.25) is 4.79 Å². The number of hydrogen-bond acceptors (Lipinski definition) is 1. The molecule has 1 aromatic carbocycles. The Morgan fingerprint density at radius 3 is 2.92 bits per heavy atom. The maximum atomic E-state index is 11.1. The van der Waals surface area contributed by atoms with Crippen molar-refractivity contribution in [3.63, 3.8) is 0 Å². The van der Waals surface area contributed by atoms with E-state index >= 15 is 0 Å². The molecule has 0 saturated heterocycles. The van der Waals surface area contributed by atoms with E-state index in [0.29, 0.717) is 5.02 Å². The third-order valence-electron chi connectivity index (χ3n) is 2.02. The molecule has 1 N–H and O–H groups in total. The third-order valence-corrected chi connectivity index (χ3v) is 2.33. The van der Waals surface area contributed by atoms with Gasteiger partial charge in [-0.1, -0.05) is 23.7 Å². The molecule has 1 aromatic heterocycles. The van der Waals surface area contributed by atoms with Gasteiger partial charge in [0.25, 0.3) is 0 Å². The molecule has 1 heterocycles. The van der Waals surface area contributed by atoms with Crippen LogP contribution in [0, 0.1) is 6.92 Å². The zero-order valence-electron chi connectivity index (χ0n) is 7.10. The van der Waals surface area contributed by atoms with Crippen molar-refractivity contribution in [2.75, 3.05) is 0 Å². The Morgan fingerprint density at radius 2 is 2.15 bits per heavy atom. The summed E-state index contributed by atoms with van der Waals surface area (Å²) >= 11 is 5.99. The van der Waals surface area contributed by atoms with Crippen LogP contribution in [-0.4, -0.2) is 4.98 Å². The number of rotatable bonds is 0. The van der Waals surface area contributed by atoms with Crippen molar-refractivity contribution in [1.82, 2.24) is 4.98 Å². The smallest absolute Gasteiger partial charge is 0.248 e. The van der Waals surface area contributed by atoms with Crippen LogP contribution in [0.4, 0.5) is 0 Å². The highest BCUT2D eigenvalue weighted by atomic mass is 35.5. The fourth-order valence-corrected chi connectivity index (χ4v) is 1.80. The Labute approximate surface area is 80.2 Å². The van der Waals surface area contributed by atoms with Crippen LogP contribution in [0.2, 0.25) is 5.02 Å². The molecular weight excluding hydrogens is 186 g/mol. The summed E-state index contributed by atoms with van der Waals surface area (Å²) in [5.41, 5.74) is 0.723. The van der Waals surface area contributed by atoms with Crippen LogP contribution < -0.4 is 5.56 Å². The summed E-state index contributed by atoms with van der Waals surface area (Å²) in [6.07, 6.45) is 0. The summed E-state index contributed by atoms with van der Waals surface area (Å²) < 4.78 is 0. The fourth-order valence-electron chi connectivity index (χ4n) is 1.48. The Morgan fingerprint density at radius 1 is 1.38 bits per heavy atom. The molecule has 0 unspecified atom stereocenters. The normalized spacial score (nSPS) is 10.6. The molecule has 13 heavy (non-hydrogen) atoms. The number of aromatic amines is 1. The molecule has 0 fully saturated rings. The van der Waals surface area contributed by atoms with E-state index in [0.717, 1.165) is 16.5 Å². The molecule has 2 aromatic rings. The zero-order valence-corrected chi connectivity index (χ0v) is 7.85. The van der Waals surface area contributed by atoms with E-state index in [1.807, 2.05) is 25.1 Å². The number of aryl methyl sites for hydroxylation is 1. The number of nitrogens with one attached hydrogen (secondary N) is 1. The van der Waals surface area contributed by atoms with Gasteiger partial charge in [-0.2, -0.15) is 0 Å². The van der Waals surface area contributed by atoms with Crippen LogP contribution in [-0.2, 0) is 0 Å². The molecule has 0 saturated carbocycles. The highest BCUT2D eigenvalue weighted by molar-refractivity contribution is 6.35. The second-order valence-electron chi connectivity index (χ2n) is 2.96. The Hall–Kier alpha value is -1.28. The van der Waals surface area contributed by atoms with Gasteiger partial charge in [0, 0.05) is 17.1 Å². The standard InChI is InChI=1S/C10H8ClNO/c1-6-10-7(5-9(13)12-6)3-2-4-8(10)11/h2-5H,1H3,(H,12,13). The van der Waals surface area contributed by atoms with Crippen molar-refractivity contribution in [3.05, 3.63) is 45.3 Å². The van der Waals surface area contributed by atoms with Gasteiger partial charge in [-0.25, -0.2) is 0 Å². The van der Waals surface area contributed by atoms with E-state index < -0.39 is 0 Å². The van der Waals surface area contributed by atoms with Crippen molar-refractivity contribution < 1.29 is 0 Å². The molecule has 0 aliphatic heterocycles. The molecule has 0 amide bonds. The summed E-state index contributed by atoms with van der Waals surface area (Å²) in [5, 5.41) is 2.48. The van der Waals surface area contributed by atoms with Crippen LogP contribution in [0.5, 0.6) is 0 Å². The summed E-state index contributed by atoms with van der Waals surface area (Å²) in [5.74, 6) is 0. The monoisotopic (exact) mass is 193 g/mol. The van der Waals surface area contributed by atoms with Crippen molar-refractivity contribution in [2.24, 2.45) is 0 Å². The molecule has 0 aliphatic rings. The lowest BCUT2D eigenvalue weighted by molar-refractivity contribution is 1.17. The van der Waals surface area contributed by atoms with Crippen molar-refractivity contribution in [2.45, 2.75) is 6.92 Å². The average molecular weight is 194 g/mol. The van der Waals surface area contributed by atoms with E-state index in [2.05, 4.69) is 4.98 Å². The summed E-state index contributed by atoms with van der Waals surface area (Å²) in [7, 11) is 0. The van der Waals surface area contributed by atoms with Crippen LogP contribution >= 0.6 is 11.6 Å². The first kappa shape index (κ1) is 8.32. The van der Waals surface area contributed by atoms with Gasteiger partial charge in [0.15, 0.2) is 0 Å². The van der Waals surface area contributed by atoms with Gasteiger partial charge in [0.1, 0.15) is 0 Å². The lowest BCUT2D eigenvalue weighted by Gasteiger charge is -2.02. The van der Waals surface area contributed by atoms with Crippen LogP contribution in [0.3, 0.4) is 0 Å². The van der Waals surface area contributed by atoms with Gasteiger partial charge in [0.05, 0.1) is 5.02 Å². The van der Waals surface area contributed by atoms with Crippen molar-refractivity contribution in [1.29, 1.82) is 0 Å². The molecule has 2 rings (SSSR count). The van der Waals surface area contributed by atoms with Crippen molar-refractivity contribution >= 4 is 22.4 Å². The minimum Gasteiger partial charge on any atom is -0.326 e. The second kappa shape index (κ2) is 2.89. The summed E-state index contributed by atoms with van der Waals surface area (Å²) in [6.45, 7) is 1.84. The van der Waals surface area contributed by atoms with E-state index in [1.54, 1.807) is 6.07 Å². The number of fused-ring (bicyclic) bond motifs is 1. The van der Waals surface area contributed by atoms with E-state index in [9.17, 15) is 4.79 Å². The average Bonchev–Trinajstić information content (AvgIpc) is 2.02. The third kappa shape index (κ3) is 1.33. The Balaban J connectivity index is 3.03. The maximum Gasteiger partial charge on any atom is 0.248 e. The minimum absolute atomic E-state index is 0.0905.